The Kier molecular flexibility index (Phi) is 4.62. The average Bonchev–Trinajstić information content (AvgIpc) is 2.61. The molecule has 0 aliphatic heterocycles. The van der Waals surface area contributed by atoms with Gasteiger partial charge in [0, 0.05) is 11.3 Å². The van der Waals surface area contributed by atoms with Crippen molar-refractivity contribution in [1.29, 1.82) is 5.26 Å². The molecule has 0 unspecified atom stereocenters. The summed E-state index contributed by atoms with van der Waals surface area (Å²) < 4.78 is 19.1. The van der Waals surface area contributed by atoms with Crippen molar-refractivity contribution in [3.05, 3.63) is 87.6 Å². The predicted molar refractivity (Wildman–Crippen MR) is 92.7 cm³/mol. The van der Waals surface area contributed by atoms with Crippen LogP contribution in [0, 0.1) is 24.1 Å². The minimum atomic E-state index is -0.421. The number of halogens is 1. The minimum absolute atomic E-state index is 0.0674. The second kappa shape index (κ2) is 7.02. The van der Waals surface area contributed by atoms with Gasteiger partial charge in [-0.3, -0.25) is 4.79 Å². The first kappa shape index (κ1) is 16.5. The maximum Gasteiger partial charge on any atom is 0.266 e. The number of nitrogens with zero attached hydrogens (tertiary/aromatic N) is 1. The summed E-state index contributed by atoms with van der Waals surface area (Å²) in [5.41, 5.74) is 2.44. The van der Waals surface area contributed by atoms with E-state index >= 15 is 0 Å². The molecule has 0 atom stereocenters. The lowest BCUT2D eigenvalue weighted by Gasteiger charge is -2.10. The van der Waals surface area contributed by atoms with Gasteiger partial charge in [-0.05, 0) is 42.3 Å². The van der Waals surface area contributed by atoms with Gasteiger partial charge in [-0.15, -0.1) is 0 Å². The zero-order valence-electron chi connectivity index (χ0n) is 13.5. The summed E-state index contributed by atoms with van der Waals surface area (Å²) in [5.74, 6) is -0.242. The van der Waals surface area contributed by atoms with E-state index in [1.807, 2.05) is 30.3 Å². The highest BCUT2D eigenvalue weighted by Crippen LogP contribution is 2.24. The topological polar surface area (TPSA) is 65.9 Å². The summed E-state index contributed by atoms with van der Waals surface area (Å²) in [5, 5.41) is 9.27. The van der Waals surface area contributed by atoms with Crippen molar-refractivity contribution >= 4 is 0 Å². The number of aromatic nitrogens is 1. The smallest absolute Gasteiger partial charge is 0.266 e. The number of hydrogen-bond donors (Lipinski definition) is 1. The summed E-state index contributed by atoms with van der Waals surface area (Å²) in [4.78, 5) is 14.6. The predicted octanol–water partition coefficient (Wildman–Crippen LogP) is 3.94. The van der Waals surface area contributed by atoms with Crippen LogP contribution < -0.4 is 10.3 Å². The quantitative estimate of drug-likeness (QED) is 0.786. The van der Waals surface area contributed by atoms with Crippen LogP contribution in [0.2, 0.25) is 0 Å². The van der Waals surface area contributed by atoms with E-state index < -0.39 is 11.4 Å². The Hall–Kier alpha value is -3.39. The monoisotopic (exact) mass is 334 g/mol. The van der Waals surface area contributed by atoms with Gasteiger partial charge in [0.05, 0.1) is 0 Å². The number of rotatable bonds is 4. The van der Waals surface area contributed by atoms with Gasteiger partial charge in [-0.25, -0.2) is 4.39 Å². The Bertz CT molecular complexity index is 1020. The van der Waals surface area contributed by atoms with Gasteiger partial charge in [-0.1, -0.05) is 30.3 Å². The largest absolute Gasteiger partial charge is 0.486 e. The number of nitriles is 1. The first-order valence-corrected chi connectivity index (χ1v) is 7.69. The van der Waals surface area contributed by atoms with Crippen molar-refractivity contribution in [2.45, 2.75) is 13.5 Å². The fourth-order valence-corrected chi connectivity index (χ4v) is 2.58. The summed E-state index contributed by atoms with van der Waals surface area (Å²) in [6, 6.07) is 17.2. The third-order valence-electron chi connectivity index (χ3n) is 3.75. The number of pyridine rings is 1. The van der Waals surface area contributed by atoms with Gasteiger partial charge in [0.25, 0.3) is 5.56 Å². The molecule has 0 spiro atoms. The van der Waals surface area contributed by atoms with Crippen LogP contribution in [0.3, 0.4) is 0 Å². The summed E-state index contributed by atoms with van der Waals surface area (Å²) in [6.07, 6.45) is 0. The molecule has 0 aliphatic rings. The molecule has 2 aromatic carbocycles. The first-order valence-electron chi connectivity index (χ1n) is 7.69. The summed E-state index contributed by atoms with van der Waals surface area (Å²) >= 11 is 0. The molecular formula is C20H15FN2O2. The van der Waals surface area contributed by atoms with Crippen molar-refractivity contribution in [2.75, 3.05) is 0 Å². The van der Waals surface area contributed by atoms with Gasteiger partial charge in [0.2, 0.25) is 0 Å². The number of benzene rings is 2. The Labute approximate surface area is 144 Å². The maximum absolute atomic E-state index is 13.6. The number of aryl methyl sites for hydroxylation is 1. The lowest BCUT2D eigenvalue weighted by atomic mass is 9.99. The van der Waals surface area contributed by atoms with Crippen LogP contribution in [0.4, 0.5) is 4.39 Å². The minimum Gasteiger partial charge on any atom is -0.486 e. The average molecular weight is 334 g/mol. The molecule has 0 saturated carbocycles. The molecule has 1 N–H and O–H groups in total. The molecule has 5 heteroatoms. The van der Waals surface area contributed by atoms with Crippen molar-refractivity contribution in [3.8, 4) is 22.9 Å². The van der Waals surface area contributed by atoms with Crippen LogP contribution >= 0.6 is 0 Å². The van der Waals surface area contributed by atoms with Gasteiger partial charge in [0.1, 0.15) is 18.2 Å². The Morgan fingerprint density at radius 1 is 1.16 bits per heavy atom. The van der Waals surface area contributed by atoms with E-state index in [9.17, 15) is 14.4 Å². The molecule has 25 heavy (non-hydrogen) atoms. The number of aromatic amines is 1. The van der Waals surface area contributed by atoms with E-state index in [1.54, 1.807) is 31.2 Å². The van der Waals surface area contributed by atoms with Gasteiger partial charge in [-0.2, -0.15) is 5.26 Å². The van der Waals surface area contributed by atoms with E-state index in [0.29, 0.717) is 11.3 Å². The van der Waals surface area contributed by atoms with Gasteiger partial charge >= 0.3 is 0 Å². The Morgan fingerprint density at radius 3 is 2.72 bits per heavy atom. The van der Waals surface area contributed by atoms with Crippen molar-refractivity contribution in [3.63, 3.8) is 0 Å². The van der Waals surface area contributed by atoms with Crippen molar-refractivity contribution in [2.24, 2.45) is 0 Å². The highest BCUT2D eigenvalue weighted by atomic mass is 19.1. The number of hydrogen-bond acceptors (Lipinski definition) is 3. The molecule has 1 heterocycles. The standard InChI is InChI=1S/C20H15FN2O2/c1-13-9-16(17(11-22)20(24)23-13)15-6-4-5-14(10-15)12-25-19-8-3-2-7-18(19)21/h2-10H,12H2,1H3,(H,23,24). The lowest BCUT2D eigenvalue weighted by Crippen LogP contribution is -2.12. The van der Waals surface area contributed by atoms with Crippen LogP contribution in [-0.4, -0.2) is 4.98 Å². The number of para-hydroxylation sites is 1. The summed E-state index contributed by atoms with van der Waals surface area (Å²) in [7, 11) is 0. The fourth-order valence-electron chi connectivity index (χ4n) is 2.58. The zero-order chi connectivity index (χ0) is 17.8. The highest BCUT2D eigenvalue weighted by Gasteiger charge is 2.11. The normalized spacial score (nSPS) is 10.3. The molecule has 0 saturated heterocycles. The number of H-pyrrole nitrogens is 1. The van der Waals surface area contributed by atoms with Crippen LogP contribution in [0.25, 0.3) is 11.1 Å². The third-order valence-corrected chi connectivity index (χ3v) is 3.75. The molecule has 0 bridgehead atoms. The lowest BCUT2D eigenvalue weighted by molar-refractivity contribution is 0.290. The Morgan fingerprint density at radius 2 is 1.96 bits per heavy atom. The molecule has 4 nitrogen and oxygen atoms in total. The van der Waals surface area contributed by atoms with Crippen molar-refractivity contribution in [1.82, 2.24) is 4.98 Å². The maximum atomic E-state index is 13.6. The number of nitrogens with one attached hydrogen (secondary N) is 1. The van der Waals surface area contributed by atoms with Gasteiger partial charge in [0.15, 0.2) is 11.6 Å². The second-order valence-electron chi connectivity index (χ2n) is 5.60. The van der Waals surface area contributed by atoms with Crippen LogP contribution in [0.1, 0.15) is 16.8 Å². The molecule has 0 amide bonds. The first-order chi connectivity index (χ1) is 12.1. The molecule has 0 aliphatic carbocycles. The highest BCUT2D eigenvalue weighted by molar-refractivity contribution is 5.70. The van der Waals surface area contributed by atoms with E-state index in [4.69, 9.17) is 4.74 Å². The van der Waals surface area contributed by atoms with Gasteiger partial charge < -0.3 is 9.72 Å². The van der Waals surface area contributed by atoms with Crippen LogP contribution in [-0.2, 0) is 6.61 Å². The molecule has 1 aromatic heterocycles. The van der Waals surface area contributed by atoms with E-state index in [1.165, 1.54) is 6.07 Å². The van der Waals surface area contributed by atoms with Crippen LogP contribution in [0.15, 0.2) is 59.4 Å². The van der Waals surface area contributed by atoms with Crippen molar-refractivity contribution < 1.29 is 9.13 Å². The van der Waals surface area contributed by atoms with E-state index in [2.05, 4.69) is 4.98 Å². The second-order valence-corrected chi connectivity index (χ2v) is 5.60. The summed E-state index contributed by atoms with van der Waals surface area (Å²) in [6.45, 7) is 1.94. The zero-order valence-corrected chi connectivity index (χ0v) is 13.5. The fraction of sp³-hybridized carbons (Fsp3) is 0.100. The number of ether oxygens (including phenoxy) is 1. The van der Waals surface area contributed by atoms with E-state index in [0.717, 1.165) is 11.1 Å². The molecule has 3 rings (SSSR count). The SMILES string of the molecule is Cc1cc(-c2cccc(COc3ccccc3F)c2)c(C#N)c(=O)[nH]1. The van der Waals surface area contributed by atoms with E-state index in [-0.39, 0.29) is 17.9 Å². The molecule has 0 fully saturated rings. The van der Waals surface area contributed by atoms with Crippen LogP contribution in [0.5, 0.6) is 5.75 Å². The molecule has 124 valence electrons. The molecular weight excluding hydrogens is 319 g/mol. The molecule has 3 aromatic rings. The Balaban J connectivity index is 1.92. The molecule has 0 radical (unpaired) electrons. The third kappa shape index (κ3) is 3.59.